The summed E-state index contributed by atoms with van der Waals surface area (Å²) in [4.78, 5) is 2.48. The molecule has 1 rings (SSSR count). The molecular formula is C11H22N2. The summed E-state index contributed by atoms with van der Waals surface area (Å²) in [6.45, 7) is 12.8. The lowest BCUT2D eigenvalue weighted by Crippen LogP contribution is -2.59. The molecule has 1 fully saturated rings. The molecule has 0 radical (unpaired) electrons. The fraction of sp³-hybridized carbons (Fsp3) is 0.818. The molecule has 13 heavy (non-hydrogen) atoms. The highest BCUT2D eigenvalue weighted by atomic mass is 15.2. The Labute approximate surface area is 82.0 Å². The molecule has 1 saturated heterocycles. The zero-order valence-electron chi connectivity index (χ0n) is 8.97. The fourth-order valence-corrected chi connectivity index (χ4v) is 2.10. The van der Waals surface area contributed by atoms with Crippen LogP contribution in [-0.4, -0.2) is 36.6 Å². The van der Waals surface area contributed by atoms with E-state index in [4.69, 9.17) is 0 Å². The van der Waals surface area contributed by atoms with Gasteiger partial charge in [-0.1, -0.05) is 19.9 Å². The van der Waals surface area contributed by atoms with Crippen molar-refractivity contribution < 1.29 is 0 Å². The molecule has 0 atom stereocenters. The highest BCUT2D eigenvalue weighted by Gasteiger charge is 2.30. The van der Waals surface area contributed by atoms with Crippen LogP contribution in [0.4, 0.5) is 0 Å². The van der Waals surface area contributed by atoms with Crippen LogP contribution in [-0.2, 0) is 0 Å². The highest BCUT2D eigenvalue weighted by Crippen LogP contribution is 2.19. The third kappa shape index (κ3) is 2.55. The minimum Gasteiger partial charge on any atom is -0.309 e. The van der Waals surface area contributed by atoms with Gasteiger partial charge in [0.05, 0.1) is 0 Å². The molecule has 0 spiro atoms. The first-order valence-corrected chi connectivity index (χ1v) is 5.34. The molecule has 0 aliphatic carbocycles. The van der Waals surface area contributed by atoms with Crippen LogP contribution >= 0.6 is 0 Å². The first-order chi connectivity index (χ1) is 6.26. The van der Waals surface area contributed by atoms with Crippen LogP contribution in [0.3, 0.4) is 0 Å². The van der Waals surface area contributed by atoms with Gasteiger partial charge in [0, 0.05) is 31.7 Å². The van der Waals surface area contributed by atoms with Crippen molar-refractivity contribution in [2.75, 3.05) is 26.2 Å². The Morgan fingerprint density at radius 2 is 2.15 bits per heavy atom. The molecule has 2 nitrogen and oxygen atoms in total. The molecule has 1 aliphatic rings. The van der Waals surface area contributed by atoms with Gasteiger partial charge in [-0.3, -0.25) is 4.90 Å². The van der Waals surface area contributed by atoms with E-state index < -0.39 is 0 Å². The van der Waals surface area contributed by atoms with E-state index in [1.54, 1.807) is 0 Å². The van der Waals surface area contributed by atoms with Gasteiger partial charge in [-0.15, -0.1) is 6.58 Å². The van der Waals surface area contributed by atoms with E-state index in [-0.39, 0.29) is 0 Å². The lowest BCUT2D eigenvalue weighted by atomic mass is 9.90. The first kappa shape index (κ1) is 10.7. The van der Waals surface area contributed by atoms with Gasteiger partial charge >= 0.3 is 0 Å². The Balaban J connectivity index is 2.52. The van der Waals surface area contributed by atoms with Crippen LogP contribution in [0.15, 0.2) is 12.7 Å². The van der Waals surface area contributed by atoms with Crippen molar-refractivity contribution in [2.24, 2.45) is 0 Å². The maximum Gasteiger partial charge on any atom is 0.0304 e. The average Bonchev–Trinajstić information content (AvgIpc) is 2.19. The van der Waals surface area contributed by atoms with Crippen LogP contribution in [0.2, 0.25) is 0 Å². The van der Waals surface area contributed by atoms with Crippen molar-refractivity contribution in [1.29, 1.82) is 0 Å². The molecule has 0 bridgehead atoms. The normalized spacial score (nSPS) is 22.9. The van der Waals surface area contributed by atoms with Crippen LogP contribution < -0.4 is 5.32 Å². The fourth-order valence-electron chi connectivity index (χ4n) is 2.10. The maximum atomic E-state index is 3.79. The zero-order valence-corrected chi connectivity index (χ0v) is 8.97. The minimum atomic E-state index is 0.362. The zero-order chi connectivity index (χ0) is 9.73. The summed E-state index contributed by atoms with van der Waals surface area (Å²) < 4.78 is 0. The third-order valence-corrected chi connectivity index (χ3v) is 3.20. The summed E-state index contributed by atoms with van der Waals surface area (Å²) >= 11 is 0. The highest BCUT2D eigenvalue weighted by molar-refractivity contribution is 4.94. The van der Waals surface area contributed by atoms with E-state index in [0.29, 0.717) is 5.54 Å². The molecule has 2 heteroatoms. The van der Waals surface area contributed by atoms with Gasteiger partial charge in [0.25, 0.3) is 0 Å². The number of rotatable bonds is 4. The van der Waals surface area contributed by atoms with Gasteiger partial charge in [-0.05, 0) is 12.8 Å². The standard InChI is InChI=1S/C11H22N2/c1-4-8-13-9-7-12-11(5-2,6-3)10-13/h4,12H,1,5-10H2,2-3H3. The molecular weight excluding hydrogens is 160 g/mol. The second kappa shape index (κ2) is 4.77. The maximum absolute atomic E-state index is 3.79. The molecule has 0 saturated carbocycles. The molecule has 0 unspecified atom stereocenters. The van der Waals surface area contributed by atoms with E-state index in [2.05, 4.69) is 30.6 Å². The molecule has 1 N–H and O–H groups in total. The number of nitrogens with zero attached hydrogens (tertiary/aromatic N) is 1. The van der Waals surface area contributed by atoms with E-state index in [1.165, 1.54) is 19.4 Å². The molecule has 0 aromatic rings. The summed E-state index contributed by atoms with van der Waals surface area (Å²) in [6.07, 6.45) is 4.44. The van der Waals surface area contributed by atoms with Gasteiger partial charge in [-0.2, -0.15) is 0 Å². The molecule has 0 aromatic carbocycles. The minimum absolute atomic E-state index is 0.362. The summed E-state index contributed by atoms with van der Waals surface area (Å²) in [5.74, 6) is 0. The molecule has 0 aromatic heterocycles. The van der Waals surface area contributed by atoms with Crippen LogP contribution in [0.5, 0.6) is 0 Å². The van der Waals surface area contributed by atoms with Crippen molar-refractivity contribution >= 4 is 0 Å². The third-order valence-electron chi connectivity index (χ3n) is 3.20. The monoisotopic (exact) mass is 182 g/mol. The Kier molecular flexibility index (Phi) is 3.94. The molecule has 1 aliphatic heterocycles. The lowest BCUT2D eigenvalue weighted by Gasteiger charge is -2.42. The van der Waals surface area contributed by atoms with Gasteiger partial charge in [0.1, 0.15) is 0 Å². The Morgan fingerprint density at radius 3 is 2.69 bits per heavy atom. The quantitative estimate of drug-likeness (QED) is 0.665. The lowest BCUT2D eigenvalue weighted by molar-refractivity contribution is 0.135. The summed E-state index contributed by atoms with van der Waals surface area (Å²) in [6, 6.07) is 0. The van der Waals surface area contributed by atoms with Crippen molar-refractivity contribution in [2.45, 2.75) is 32.2 Å². The smallest absolute Gasteiger partial charge is 0.0304 e. The summed E-state index contributed by atoms with van der Waals surface area (Å²) in [5, 5.41) is 3.64. The van der Waals surface area contributed by atoms with Gasteiger partial charge in [0.2, 0.25) is 0 Å². The SMILES string of the molecule is C=CCN1CCNC(CC)(CC)C1. The first-order valence-electron chi connectivity index (χ1n) is 5.34. The van der Waals surface area contributed by atoms with Gasteiger partial charge in [-0.25, -0.2) is 0 Å². The van der Waals surface area contributed by atoms with Crippen molar-refractivity contribution in [1.82, 2.24) is 10.2 Å². The van der Waals surface area contributed by atoms with Crippen LogP contribution in [0, 0.1) is 0 Å². The molecule has 76 valence electrons. The van der Waals surface area contributed by atoms with Crippen molar-refractivity contribution in [3.05, 3.63) is 12.7 Å². The number of hydrogen-bond acceptors (Lipinski definition) is 2. The largest absolute Gasteiger partial charge is 0.309 e. The number of hydrogen-bond donors (Lipinski definition) is 1. The van der Waals surface area contributed by atoms with Crippen molar-refractivity contribution in [3.8, 4) is 0 Å². The van der Waals surface area contributed by atoms with Crippen molar-refractivity contribution in [3.63, 3.8) is 0 Å². The van der Waals surface area contributed by atoms with Gasteiger partial charge in [0.15, 0.2) is 0 Å². The van der Waals surface area contributed by atoms with E-state index in [9.17, 15) is 0 Å². The summed E-state index contributed by atoms with van der Waals surface area (Å²) in [7, 11) is 0. The van der Waals surface area contributed by atoms with Crippen LogP contribution in [0.25, 0.3) is 0 Å². The topological polar surface area (TPSA) is 15.3 Å². The predicted octanol–water partition coefficient (Wildman–Crippen LogP) is 1.64. The molecule has 0 amide bonds. The average molecular weight is 182 g/mol. The van der Waals surface area contributed by atoms with E-state index in [0.717, 1.165) is 19.6 Å². The van der Waals surface area contributed by atoms with E-state index >= 15 is 0 Å². The number of piperazine rings is 1. The summed E-state index contributed by atoms with van der Waals surface area (Å²) in [5.41, 5.74) is 0.362. The van der Waals surface area contributed by atoms with E-state index in [1.807, 2.05) is 6.08 Å². The Morgan fingerprint density at radius 1 is 1.46 bits per heavy atom. The second-order valence-corrected chi connectivity index (χ2v) is 3.94. The number of nitrogens with one attached hydrogen (secondary N) is 1. The molecule has 1 heterocycles. The van der Waals surface area contributed by atoms with Crippen LogP contribution in [0.1, 0.15) is 26.7 Å². The predicted molar refractivity (Wildman–Crippen MR) is 58.0 cm³/mol. The van der Waals surface area contributed by atoms with Gasteiger partial charge < -0.3 is 5.32 Å². The second-order valence-electron chi connectivity index (χ2n) is 3.94. The Hall–Kier alpha value is -0.340. The Bertz CT molecular complexity index is 161.